The van der Waals surface area contributed by atoms with Gasteiger partial charge in [-0.2, -0.15) is 0 Å². The van der Waals surface area contributed by atoms with E-state index in [-0.39, 0.29) is 11.9 Å². The van der Waals surface area contributed by atoms with Gasteiger partial charge >= 0.3 is 173 Å². The molecule has 0 radical (unpaired) electrons. The summed E-state index contributed by atoms with van der Waals surface area (Å²) in [5, 5.41) is 0. The summed E-state index contributed by atoms with van der Waals surface area (Å²) in [6.07, 6.45) is 7.73. The van der Waals surface area contributed by atoms with Crippen molar-refractivity contribution in [3.8, 4) is 0 Å². The van der Waals surface area contributed by atoms with Crippen LogP contribution < -0.4 is 0 Å². The number of hydrogen-bond donors (Lipinski definition) is 0. The molecule has 0 amide bonds. The SMILES string of the molecule is CCC[CH2][Sn]([CH2]CCC)([CH2]CCC)[C@@H](c1ccccc1)[C@H](C)C(=O)OCC. The van der Waals surface area contributed by atoms with Gasteiger partial charge in [0.2, 0.25) is 0 Å². The van der Waals surface area contributed by atoms with Crippen molar-refractivity contribution >= 4 is 24.3 Å². The summed E-state index contributed by atoms with van der Waals surface area (Å²) < 4.78 is 10.2. The van der Waals surface area contributed by atoms with Gasteiger partial charge in [-0.25, -0.2) is 0 Å². The number of benzene rings is 1. The molecule has 1 aromatic rings. The monoisotopic (exact) mass is 482 g/mol. The summed E-state index contributed by atoms with van der Waals surface area (Å²) in [5.41, 5.74) is 1.40. The number of carbonyl (C=O) groups is 1. The van der Waals surface area contributed by atoms with Crippen LogP contribution in [0.3, 0.4) is 0 Å². The quantitative estimate of drug-likeness (QED) is 0.205. The van der Waals surface area contributed by atoms with Crippen LogP contribution in [0.1, 0.15) is 82.6 Å². The molecule has 0 heterocycles. The zero-order chi connectivity index (χ0) is 20.1. The Morgan fingerprint density at radius 2 is 1.37 bits per heavy atom. The third-order valence-corrected chi connectivity index (χ3v) is 23.8. The summed E-state index contributed by atoms with van der Waals surface area (Å²) in [7, 11) is 0. The minimum absolute atomic E-state index is 0.0110. The van der Waals surface area contributed by atoms with E-state index in [4.69, 9.17) is 4.74 Å². The van der Waals surface area contributed by atoms with Gasteiger partial charge in [-0.1, -0.05) is 0 Å². The van der Waals surface area contributed by atoms with Crippen LogP contribution >= 0.6 is 0 Å². The predicted molar refractivity (Wildman–Crippen MR) is 120 cm³/mol. The number of ether oxygens (including phenoxy) is 1. The van der Waals surface area contributed by atoms with E-state index in [2.05, 4.69) is 58.0 Å². The fourth-order valence-electron chi connectivity index (χ4n) is 4.67. The average molecular weight is 481 g/mol. The second kappa shape index (κ2) is 13.6. The third-order valence-electron chi connectivity index (χ3n) is 6.06. The predicted octanol–water partition coefficient (Wildman–Crippen LogP) is 7.36. The fourth-order valence-corrected chi connectivity index (χ4v) is 24.5. The zero-order valence-electron chi connectivity index (χ0n) is 18.4. The molecule has 0 fully saturated rings. The van der Waals surface area contributed by atoms with Crippen molar-refractivity contribution in [2.75, 3.05) is 6.61 Å². The molecule has 0 unspecified atom stereocenters. The van der Waals surface area contributed by atoms with Crippen LogP contribution in [0.25, 0.3) is 0 Å². The Balaban J connectivity index is 3.41. The van der Waals surface area contributed by atoms with Crippen LogP contribution in [-0.2, 0) is 9.53 Å². The van der Waals surface area contributed by atoms with E-state index in [1.807, 2.05) is 6.92 Å². The summed E-state index contributed by atoms with van der Waals surface area (Å²) >= 11 is -2.64. The first-order valence-electron chi connectivity index (χ1n) is 11.3. The van der Waals surface area contributed by atoms with Crippen LogP contribution in [0.5, 0.6) is 0 Å². The number of hydrogen-bond acceptors (Lipinski definition) is 2. The normalized spacial score (nSPS) is 14.0. The van der Waals surface area contributed by atoms with Gasteiger partial charge in [0.25, 0.3) is 0 Å². The van der Waals surface area contributed by atoms with Crippen molar-refractivity contribution in [1.29, 1.82) is 0 Å². The molecular weight excluding hydrogens is 439 g/mol. The molecule has 1 aromatic carbocycles. The molecule has 154 valence electrons. The summed E-state index contributed by atoms with van der Waals surface area (Å²) in [4.78, 5) is 12.8. The molecular formula is C24H42O2Sn. The molecule has 0 aromatic heterocycles. The topological polar surface area (TPSA) is 26.3 Å². The first-order chi connectivity index (χ1) is 13.1. The first-order valence-corrected chi connectivity index (χ1v) is 19.0. The Morgan fingerprint density at radius 1 is 0.889 bits per heavy atom. The third kappa shape index (κ3) is 7.44. The molecule has 0 saturated heterocycles. The molecule has 0 aliphatic rings. The van der Waals surface area contributed by atoms with Gasteiger partial charge in [0.05, 0.1) is 0 Å². The van der Waals surface area contributed by atoms with E-state index < -0.39 is 18.4 Å². The molecule has 2 atom stereocenters. The molecule has 0 aliphatic heterocycles. The Labute approximate surface area is 172 Å². The van der Waals surface area contributed by atoms with Crippen LogP contribution in [-0.4, -0.2) is 31.0 Å². The Morgan fingerprint density at radius 3 is 1.78 bits per heavy atom. The summed E-state index contributed by atoms with van der Waals surface area (Å²) in [5.74, 6) is -0.00866. The molecule has 3 heteroatoms. The summed E-state index contributed by atoms with van der Waals surface area (Å²) in [6, 6.07) is 10.9. The van der Waals surface area contributed by atoms with Gasteiger partial charge in [-0.15, -0.1) is 0 Å². The van der Waals surface area contributed by atoms with Crippen molar-refractivity contribution in [2.45, 2.75) is 90.4 Å². The van der Waals surface area contributed by atoms with Gasteiger partial charge in [0, 0.05) is 0 Å². The standard InChI is InChI=1S/C12H15O2.3C4H9.Sn/c1-3-14-12(13)10(2)9-11-7-5-4-6-8-11;3*1-3-4-2;/h4-10H,3H2,1-2H3;3*1,3-4H2,2H3;/t10-;;;;/m0..../s1. The number of rotatable bonds is 14. The van der Waals surface area contributed by atoms with Crippen LogP contribution in [0, 0.1) is 5.92 Å². The van der Waals surface area contributed by atoms with E-state index in [0.29, 0.717) is 10.5 Å². The maximum absolute atomic E-state index is 12.8. The fraction of sp³-hybridized carbons (Fsp3) is 0.708. The van der Waals surface area contributed by atoms with Crippen molar-refractivity contribution in [3.63, 3.8) is 0 Å². The molecule has 0 aliphatic carbocycles. The van der Waals surface area contributed by atoms with Gasteiger partial charge < -0.3 is 0 Å². The Hall–Kier alpha value is -0.511. The van der Waals surface area contributed by atoms with Crippen molar-refractivity contribution < 1.29 is 9.53 Å². The van der Waals surface area contributed by atoms with Crippen molar-refractivity contribution in [3.05, 3.63) is 35.9 Å². The second-order valence-electron chi connectivity index (χ2n) is 8.10. The van der Waals surface area contributed by atoms with E-state index in [9.17, 15) is 4.79 Å². The first kappa shape index (κ1) is 24.5. The van der Waals surface area contributed by atoms with E-state index in [1.54, 1.807) is 0 Å². The number of esters is 1. The van der Waals surface area contributed by atoms with E-state index in [1.165, 1.54) is 57.4 Å². The molecule has 2 nitrogen and oxygen atoms in total. The van der Waals surface area contributed by atoms with Gasteiger partial charge in [0.1, 0.15) is 0 Å². The van der Waals surface area contributed by atoms with Crippen molar-refractivity contribution in [1.82, 2.24) is 0 Å². The minimum atomic E-state index is -2.64. The molecule has 0 spiro atoms. The van der Waals surface area contributed by atoms with Crippen molar-refractivity contribution in [2.24, 2.45) is 5.92 Å². The maximum atomic E-state index is 12.8. The molecule has 1 rings (SSSR count). The molecule has 27 heavy (non-hydrogen) atoms. The second-order valence-corrected chi connectivity index (χ2v) is 21.9. The number of carbonyl (C=O) groups excluding carboxylic acids is 1. The zero-order valence-corrected chi connectivity index (χ0v) is 21.3. The molecule has 0 bridgehead atoms. The Kier molecular flexibility index (Phi) is 12.4. The van der Waals surface area contributed by atoms with Crippen LogP contribution in [0.4, 0.5) is 0 Å². The molecule has 0 saturated carbocycles. The van der Waals surface area contributed by atoms with Gasteiger partial charge in [-0.3, -0.25) is 0 Å². The summed E-state index contributed by atoms with van der Waals surface area (Å²) in [6.45, 7) is 11.5. The van der Waals surface area contributed by atoms with Gasteiger partial charge in [0.15, 0.2) is 0 Å². The van der Waals surface area contributed by atoms with Crippen LogP contribution in [0.15, 0.2) is 30.3 Å². The van der Waals surface area contributed by atoms with E-state index in [0.717, 1.165) is 0 Å². The van der Waals surface area contributed by atoms with E-state index >= 15 is 0 Å². The average Bonchev–Trinajstić information content (AvgIpc) is 2.69. The Bertz CT molecular complexity index is 493. The van der Waals surface area contributed by atoms with Crippen LogP contribution in [0.2, 0.25) is 13.3 Å². The number of unbranched alkanes of at least 4 members (excludes halogenated alkanes) is 3. The molecule has 0 N–H and O–H groups in total. The van der Waals surface area contributed by atoms with Gasteiger partial charge in [-0.05, 0) is 0 Å².